The number of carboxylic acids is 1. The first-order valence-electron chi connectivity index (χ1n) is 5.35. The topological polar surface area (TPSA) is 69.6 Å². The van der Waals surface area contributed by atoms with Gasteiger partial charge in [0.15, 0.2) is 0 Å². The first kappa shape index (κ1) is 13.3. The summed E-state index contributed by atoms with van der Waals surface area (Å²) in [5.41, 5.74) is 0. The number of nitrogens with zero attached hydrogens (tertiary/aromatic N) is 1. The van der Waals surface area contributed by atoms with Crippen LogP contribution in [0, 0.1) is 0 Å². The summed E-state index contributed by atoms with van der Waals surface area (Å²) < 4.78 is 0. The largest absolute Gasteiger partial charge is 0.480 e. The molecule has 5 nitrogen and oxygen atoms in total. The minimum atomic E-state index is -0.907. The molecule has 92 valence electrons. The molecular formula is C10H18N2O3S. The second-order valence-corrected chi connectivity index (χ2v) is 5.08. The molecule has 1 amide bonds. The van der Waals surface area contributed by atoms with E-state index in [1.54, 1.807) is 0 Å². The van der Waals surface area contributed by atoms with Crippen molar-refractivity contribution in [2.24, 2.45) is 0 Å². The highest BCUT2D eigenvalue weighted by Crippen LogP contribution is 2.21. The Morgan fingerprint density at radius 3 is 2.81 bits per heavy atom. The number of hydrogen-bond donors (Lipinski definition) is 2. The summed E-state index contributed by atoms with van der Waals surface area (Å²) >= 11 is 1.49. The van der Waals surface area contributed by atoms with E-state index >= 15 is 0 Å². The van der Waals surface area contributed by atoms with E-state index in [-0.39, 0.29) is 5.91 Å². The molecule has 2 N–H and O–H groups in total. The summed E-state index contributed by atoms with van der Waals surface area (Å²) in [4.78, 5) is 24.1. The molecule has 1 rings (SSSR count). The second-order valence-electron chi connectivity index (χ2n) is 4.08. The van der Waals surface area contributed by atoms with Gasteiger partial charge in [0.05, 0.1) is 5.88 Å². The number of rotatable bonds is 5. The summed E-state index contributed by atoms with van der Waals surface area (Å²) in [6.07, 6.45) is 0.364. The quantitative estimate of drug-likeness (QED) is 0.733. The Labute approximate surface area is 99.6 Å². The Morgan fingerprint density at radius 1 is 1.56 bits per heavy atom. The van der Waals surface area contributed by atoms with E-state index in [0.717, 1.165) is 0 Å². The van der Waals surface area contributed by atoms with Gasteiger partial charge in [0.25, 0.3) is 0 Å². The third-order valence-electron chi connectivity index (χ3n) is 2.38. The van der Waals surface area contributed by atoms with E-state index in [1.165, 1.54) is 16.7 Å². The van der Waals surface area contributed by atoms with Gasteiger partial charge < -0.3 is 15.3 Å². The zero-order valence-electron chi connectivity index (χ0n) is 9.60. The van der Waals surface area contributed by atoms with Gasteiger partial charge in [-0.25, -0.2) is 4.79 Å². The van der Waals surface area contributed by atoms with Gasteiger partial charge in [0.2, 0.25) is 5.91 Å². The van der Waals surface area contributed by atoms with Crippen molar-refractivity contribution in [3.8, 4) is 0 Å². The van der Waals surface area contributed by atoms with Gasteiger partial charge in [0.1, 0.15) is 6.04 Å². The monoisotopic (exact) mass is 246 g/mol. The predicted octanol–water partition coefficient (Wildman–Crippen LogP) is 0.361. The van der Waals surface area contributed by atoms with Crippen LogP contribution >= 0.6 is 11.8 Å². The van der Waals surface area contributed by atoms with Crippen molar-refractivity contribution < 1.29 is 14.7 Å². The first-order valence-corrected chi connectivity index (χ1v) is 6.51. The smallest absolute Gasteiger partial charge is 0.327 e. The number of nitrogens with one attached hydrogen (secondary N) is 1. The highest BCUT2D eigenvalue weighted by molar-refractivity contribution is 7.99. The molecule has 1 saturated heterocycles. The normalized spacial score (nSPS) is 20.4. The van der Waals surface area contributed by atoms with Gasteiger partial charge >= 0.3 is 5.97 Å². The minimum absolute atomic E-state index is 0.0782. The Bertz CT molecular complexity index is 271. The summed E-state index contributed by atoms with van der Waals surface area (Å²) in [5.74, 6) is 0.0107. The van der Waals surface area contributed by atoms with Crippen LogP contribution in [0.4, 0.5) is 0 Å². The van der Waals surface area contributed by atoms with Crippen LogP contribution in [0.1, 0.15) is 20.3 Å². The number of thioether (sulfide) groups is 1. The fourth-order valence-corrected chi connectivity index (χ4v) is 2.68. The molecule has 0 aromatic rings. The maximum absolute atomic E-state index is 11.8. The standard InChI is InChI=1S/C10H18N2O3S/c1-7(2)11-4-3-9(13)12-6-16-5-8(12)10(14)15/h7-8,11H,3-6H2,1-2H3,(H,14,15). The third-order valence-corrected chi connectivity index (χ3v) is 3.39. The SMILES string of the molecule is CC(C)NCCC(=O)N1CSCC1C(=O)O. The molecule has 0 aromatic heterocycles. The first-order chi connectivity index (χ1) is 7.52. The van der Waals surface area contributed by atoms with E-state index in [9.17, 15) is 9.59 Å². The van der Waals surface area contributed by atoms with Crippen LogP contribution in [0.2, 0.25) is 0 Å². The molecule has 0 spiro atoms. The van der Waals surface area contributed by atoms with E-state index in [1.807, 2.05) is 13.8 Å². The Balaban J connectivity index is 2.38. The maximum Gasteiger partial charge on any atom is 0.327 e. The van der Waals surface area contributed by atoms with Gasteiger partial charge in [-0.05, 0) is 0 Å². The molecule has 0 aromatic carbocycles. The number of amides is 1. The summed E-state index contributed by atoms with van der Waals surface area (Å²) in [6, 6.07) is -0.299. The average molecular weight is 246 g/mol. The molecule has 0 radical (unpaired) electrons. The minimum Gasteiger partial charge on any atom is -0.480 e. The van der Waals surface area contributed by atoms with Crippen molar-refractivity contribution >= 4 is 23.6 Å². The lowest BCUT2D eigenvalue weighted by molar-refractivity contribution is -0.147. The molecule has 6 heteroatoms. The summed E-state index contributed by atoms with van der Waals surface area (Å²) in [6.45, 7) is 4.62. The van der Waals surface area contributed by atoms with Crippen molar-refractivity contribution in [1.29, 1.82) is 0 Å². The van der Waals surface area contributed by atoms with E-state index in [0.29, 0.717) is 30.6 Å². The molecular weight excluding hydrogens is 228 g/mol. The number of aliphatic carboxylic acids is 1. The van der Waals surface area contributed by atoms with Crippen LogP contribution in [0.3, 0.4) is 0 Å². The third kappa shape index (κ3) is 3.68. The average Bonchev–Trinajstić information content (AvgIpc) is 2.65. The second kappa shape index (κ2) is 6.10. The lowest BCUT2D eigenvalue weighted by Crippen LogP contribution is -2.42. The Hall–Kier alpha value is -0.750. The van der Waals surface area contributed by atoms with Crippen LogP contribution in [0.25, 0.3) is 0 Å². The highest BCUT2D eigenvalue weighted by atomic mass is 32.2. The molecule has 1 aliphatic rings. The number of carbonyl (C=O) groups is 2. The fraction of sp³-hybridized carbons (Fsp3) is 0.800. The van der Waals surface area contributed by atoms with Gasteiger partial charge in [0, 0.05) is 24.8 Å². The predicted molar refractivity (Wildman–Crippen MR) is 63.4 cm³/mol. The Kier molecular flexibility index (Phi) is 5.08. The van der Waals surface area contributed by atoms with Crippen molar-refractivity contribution in [3.05, 3.63) is 0 Å². The number of hydrogen-bond acceptors (Lipinski definition) is 4. The summed E-state index contributed by atoms with van der Waals surface area (Å²) in [5, 5.41) is 12.1. The zero-order valence-corrected chi connectivity index (χ0v) is 10.4. The molecule has 16 heavy (non-hydrogen) atoms. The van der Waals surface area contributed by atoms with E-state index in [4.69, 9.17) is 5.11 Å². The highest BCUT2D eigenvalue weighted by Gasteiger charge is 2.33. The molecule has 1 fully saturated rings. The van der Waals surface area contributed by atoms with Crippen molar-refractivity contribution in [3.63, 3.8) is 0 Å². The number of carbonyl (C=O) groups excluding carboxylic acids is 1. The van der Waals surface area contributed by atoms with E-state index < -0.39 is 12.0 Å². The molecule has 0 aliphatic carbocycles. The lowest BCUT2D eigenvalue weighted by Gasteiger charge is -2.20. The van der Waals surface area contributed by atoms with Crippen LogP contribution in [-0.4, -0.2) is 52.1 Å². The molecule has 1 heterocycles. The maximum atomic E-state index is 11.8. The number of carboxylic acid groups (broad SMARTS) is 1. The van der Waals surface area contributed by atoms with Crippen LogP contribution in [-0.2, 0) is 9.59 Å². The zero-order chi connectivity index (χ0) is 12.1. The lowest BCUT2D eigenvalue weighted by atomic mass is 10.2. The molecule has 0 bridgehead atoms. The van der Waals surface area contributed by atoms with Crippen molar-refractivity contribution in [1.82, 2.24) is 10.2 Å². The molecule has 1 aliphatic heterocycles. The van der Waals surface area contributed by atoms with Crippen molar-refractivity contribution in [2.45, 2.75) is 32.4 Å². The van der Waals surface area contributed by atoms with Crippen molar-refractivity contribution in [2.75, 3.05) is 18.2 Å². The summed E-state index contributed by atoms with van der Waals surface area (Å²) in [7, 11) is 0. The molecule has 0 saturated carbocycles. The van der Waals surface area contributed by atoms with Crippen LogP contribution in [0.5, 0.6) is 0 Å². The Morgan fingerprint density at radius 2 is 2.25 bits per heavy atom. The van der Waals surface area contributed by atoms with Crippen LogP contribution in [0.15, 0.2) is 0 Å². The van der Waals surface area contributed by atoms with E-state index in [2.05, 4.69) is 5.32 Å². The van der Waals surface area contributed by atoms with Gasteiger partial charge in [-0.15, -0.1) is 11.8 Å². The van der Waals surface area contributed by atoms with Gasteiger partial charge in [-0.3, -0.25) is 4.79 Å². The van der Waals surface area contributed by atoms with Crippen LogP contribution < -0.4 is 5.32 Å². The molecule has 1 unspecified atom stereocenters. The van der Waals surface area contributed by atoms with Gasteiger partial charge in [-0.1, -0.05) is 13.8 Å². The molecule has 1 atom stereocenters. The van der Waals surface area contributed by atoms with Gasteiger partial charge in [-0.2, -0.15) is 0 Å². The fourth-order valence-electron chi connectivity index (χ4n) is 1.50.